The number of carbonyl (C=O) groups excluding carboxylic acids is 2. The minimum absolute atomic E-state index is 0.00960. The van der Waals surface area contributed by atoms with Crippen LogP contribution in [0.4, 0.5) is 18.9 Å². The van der Waals surface area contributed by atoms with Gasteiger partial charge in [0, 0.05) is 5.56 Å². The number of aryl methyl sites for hydroxylation is 1. The normalized spacial score (nSPS) is 11.5. The van der Waals surface area contributed by atoms with E-state index < -0.39 is 23.6 Å². The minimum Gasteiger partial charge on any atom is -0.465 e. The van der Waals surface area contributed by atoms with E-state index in [1.165, 1.54) is 12.1 Å². The molecule has 1 heterocycles. The number of esters is 1. The average molecular weight is 481 g/mol. The molecule has 0 spiro atoms. The minimum atomic E-state index is -4.44. The molecule has 0 fully saturated rings. The molecule has 4 rings (SSSR count). The number of ether oxygens (including phenoxy) is 1. The molecule has 180 valence electrons. The lowest BCUT2D eigenvalue weighted by molar-refractivity contribution is -0.143. The summed E-state index contributed by atoms with van der Waals surface area (Å²) in [5.74, 6) is -0.250. The molecule has 0 aliphatic rings. The Morgan fingerprint density at radius 2 is 1.71 bits per heavy atom. The third-order valence-electron chi connectivity index (χ3n) is 5.51. The first kappa shape index (κ1) is 24.0. The van der Waals surface area contributed by atoms with Crippen molar-refractivity contribution < 1.29 is 27.5 Å². The van der Waals surface area contributed by atoms with E-state index in [0.717, 1.165) is 12.1 Å². The van der Waals surface area contributed by atoms with Crippen molar-refractivity contribution in [3.8, 4) is 11.1 Å². The Bertz CT molecular complexity index is 1390. The Kier molecular flexibility index (Phi) is 6.59. The van der Waals surface area contributed by atoms with Crippen molar-refractivity contribution in [1.82, 2.24) is 9.55 Å². The predicted molar refractivity (Wildman–Crippen MR) is 126 cm³/mol. The van der Waals surface area contributed by atoms with E-state index in [4.69, 9.17) is 4.74 Å². The summed E-state index contributed by atoms with van der Waals surface area (Å²) in [6.45, 7) is 3.74. The van der Waals surface area contributed by atoms with Gasteiger partial charge in [0.25, 0.3) is 5.91 Å². The molecule has 1 aromatic heterocycles. The van der Waals surface area contributed by atoms with E-state index in [9.17, 15) is 22.8 Å². The summed E-state index contributed by atoms with van der Waals surface area (Å²) in [6, 6.07) is 16.6. The number of aromatic nitrogens is 2. The second-order valence-electron chi connectivity index (χ2n) is 7.80. The first-order chi connectivity index (χ1) is 16.7. The number of para-hydroxylation sites is 1. The highest BCUT2D eigenvalue weighted by atomic mass is 19.4. The van der Waals surface area contributed by atoms with E-state index >= 15 is 0 Å². The molecular formula is C26H22F3N3O3. The number of nitrogens with one attached hydrogen (secondary N) is 1. The zero-order chi connectivity index (χ0) is 25.2. The molecule has 0 aliphatic heterocycles. The first-order valence-corrected chi connectivity index (χ1v) is 10.9. The Labute approximate surface area is 199 Å². The van der Waals surface area contributed by atoms with Gasteiger partial charge in [-0.25, -0.2) is 4.98 Å². The number of benzene rings is 3. The molecule has 1 N–H and O–H groups in total. The number of hydrogen-bond acceptors (Lipinski definition) is 4. The van der Waals surface area contributed by atoms with Crippen molar-refractivity contribution in [2.45, 2.75) is 26.6 Å². The lowest BCUT2D eigenvalue weighted by atomic mass is 9.98. The number of halogens is 3. The van der Waals surface area contributed by atoms with Gasteiger partial charge in [-0.05, 0) is 55.3 Å². The number of imidazole rings is 1. The largest absolute Gasteiger partial charge is 0.465 e. The smallest absolute Gasteiger partial charge is 0.416 e. The summed E-state index contributed by atoms with van der Waals surface area (Å²) in [7, 11) is 0. The van der Waals surface area contributed by atoms with Gasteiger partial charge in [0.15, 0.2) is 0 Å². The monoisotopic (exact) mass is 481 g/mol. The number of amides is 1. The number of carbonyl (C=O) groups is 2. The molecule has 0 radical (unpaired) electrons. The van der Waals surface area contributed by atoms with Gasteiger partial charge in [0.2, 0.25) is 0 Å². The van der Waals surface area contributed by atoms with Crippen molar-refractivity contribution in [2.75, 3.05) is 11.9 Å². The topological polar surface area (TPSA) is 73.2 Å². The summed E-state index contributed by atoms with van der Waals surface area (Å²) < 4.78 is 45.6. The zero-order valence-electron chi connectivity index (χ0n) is 19.0. The van der Waals surface area contributed by atoms with Crippen LogP contribution < -0.4 is 5.32 Å². The van der Waals surface area contributed by atoms with Crippen LogP contribution in [0.3, 0.4) is 0 Å². The van der Waals surface area contributed by atoms with Crippen LogP contribution in [0, 0.1) is 6.92 Å². The van der Waals surface area contributed by atoms with E-state index in [0.29, 0.717) is 39.2 Å². The molecule has 0 bridgehead atoms. The molecule has 0 atom stereocenters. The lowest BCUT2D eigenvalue weighted by Gasteiger charge is -2.12. The van der Waals surface area contributed by atoms with Gasteiger partial charge in [-0.15, -0.1) is 0 Å². The lowest BCUT2D eigenvalue weighted by Crippen LogP contribution is -2.14. The van der Waals surface area contributed by atoms with Gasteiger partial charge in [0.05, 0.1) is 23.4 Å². The van der Waals surface area contributed by atoms with E-state index in [-0.39, 0.29) is 13.2 Å². The fourth-order valence-electron chi connectivity index (χ4n) is 3.86. The molecule has 1 amide bonds. The average Bonchev–Trinajstić information content (AvgIpc) is 3.14. The molecule has 0 saturated heterocycles. The van der Waals surface area contributed by atoms with Crippen molar-refractivity contribution >= 4 is 28.6 Å². The Morgan fingerprint density at radius 3 is 2.40 bits per heavy atom. The standard InChI is InChI=1S/C26H22F3N3O3/c1-3-35-23(33)15-32-16(2)30-24-21(9-6-10-22(24)32)31-25(34)20-8-5-4-7-19(20)17-11-13-18(14-12-17)26(27,28)29/h4-14H,3,15H2,1-2H3,(H,31,34). The molecular weight excluding hydrogens is 459 g/mol. The van der Waals surface area contributed by atoms with Crippen molar-refractivity contribution in [1.29, 1.82) is 0 Å². The van der Waals surface area contributed by atoms with Crippen LogP contribution in [0.2, 0.25) is 0 Å². The number of alkyl halides is 3. The molecule has 3 aromatic carbocycles. The molecule has 4 aromatic rings. The Hall–Kier alpha value is -4.14. The first-order valence-electron chi connectivity index (χ1n) is 10.9. The summed E-state index contributed by atoms with van der Waals surface area (Å²) in [4.78, 5) is 29.8. The van der Waals surface area contributed by atoms with Crippen LogP contribution in [0.1, 0.15) is 28.7 Å². The van der Waals surface area contributed by atoms with Crippen LogP contribution in [-0.2, 0) is 22.3 Å². The van der Waals surface area contributed by atoms with Gasteiger partial charge in [-0.2, -0.15) is 13.2 Å². The maximum Gasteiger partial charge on any atom is 0.416 e. The van der Waals surface area contributed by atoms with Crippen LogP contribution in [-0.4, -0.2) is 28.0 Å². The third-order valence-corrected chi connectivity index (χ3v) is 5.51. The Morgan fingerprint density at radius 1 is 1.00 bits per heavy atom. The van der Waals surface area contributed by atoms with Crippen molar-refractivity contribution in [3.63, 3.8) is 0 Å². The van der Waals surface area contributed by atoms with Crippen LogP contribution >= 0.6 is 0 Å². The number of nitrogens with zero attached hydrogens (tertiary/aromatic N) is 2. The van der Waals surface area contributed by atoms with Crippen molar-refractivity contribution in [2.24, 2.45) is 0 Å². The third kappa shape index (κ3) is 5.03. The second-order valence-corrected chi connectivity index (χ2v) is 7.80. The molecule has 0 aliphatic carbocycles. The summed E-state index contributed by atoms with van der Waals surface area (Å²) >= 11 is 0. The highest BCUT2D eigenvalue weighted by Crippen LogP contribution is 2.32. The molecule has 0 saturated carbocycles. The van der Waals surface area contributed by atoms with E-state index in [1.807, 2.05) is 0 Å². The predicted octanol–water partition coefficient (Wildman–Crippen LogP) is 5.85. The van der Waals surface area contributed by atoms with Gasteiger partial charge in [0.1, 0.15) is 17.9 Å². The summed E-state index contributed by atoms with van der Waals surface area (Å²) in [5.41, 5.74) is 2.13. The summed E-state index contributed by atoms with van der Waals surface area (Å²) in [6.07, 6.45) is -4.44. The number of rotatable bonds is 6. The fourth-order valence-corrected chi connectivity index (χ4v) is 3.86. The maximum atomic E-state index is 13.2. The molecule has 6 nitrogen and oxygen atoms in total. The highest BCUT2D eigenvalue weighted by molar-refractivity contribution is 6.11. The van der Waals surface area contributed by atoms with E-state index in [2.05, 4.69) is 10.3 Å². The van der Waals surface area contributed by atoms with Crippen molar-refractivity contribution in [3.05, 3.63) is 83.7 Å². The van der Waals surface area contributed by atoms with Gasteiger partial charge in [-0.3, -0.25) is 9.59 Å². The number of hydrogen-bond donors (Lipinski definition) is 1. The van der Waals surface area contributed by atoms with Gasteiger partial charge < -0.3 is 14.6 Å². The quantitative estimate of drug-likeness (QED) is 0.351. The van der Waals surface area contributed by atoms with Crippen LogP contribution in [0.15, 0.2) is 66.7 Å². The highest BCUT2D eigenvalue weighted by Gasteiger charge is 2.30. The van der Waals surface area contributed by atoms with Gasteiger partial charge >= 0.3 is 12.1 Å². The maximum absolute atomic E-state index is 13.2. The SMILES string of the molecule is CCOC(=O)Cn1c(C)nc2c(NC(=O)c3ccccc3-c3ccc(C(F)(F)F)cc3)cccc21. The van der Waals surface area contributed by atoms with Crippen LogP contribution in [0.5, 0.6) is 0 Å². The number of fused-ring (bicyclic) bond motifs is 1. The second kappa shape index (κ2) is 9.61. The molecule has 0 unspecified atom stereocenters. The number of anilines is 1. The zero-order valence-corrected chi connectivity index (χ0v) is 19.0. The summed E-state index contributed by atoms with van der Waals surface area (Å²) in [5, 5.41) is 2.86. The van der Waals surface area contributed by atoms with Gasteiger partial charge in [-0.1, -0.05) is 36.4 Å². The Balaban J connectivity index is 1.65. The van der Waals surface area contributed by atoms with E-state index in [1.54, 1.807) is 60.9 Å². The molecule has 9 heteroatoms. The van der Waals surface area contributed by atoms with Crippen LogP contribution in [0.25, 0.3) is 22.2 Å². The molecule has 35 heavy (non-hydrogen) atoms. The fraction of sp³-hybridized carbons (Fsp3) is 0.192.